The van der Waals surface area contributed by atoms with E-state index in [9.17, 15) is 9.59 Å². The highest BCUT2D eigenvalue weighted by atomic mass is 32.2. The Morgan fingerprint density at radius 3 is 2.79 bits per heavy atom. The van der Waals surface area contributed by atoms with Crippen LogP contribution in [0.5, 0.6) is 0 Å². The zero-order valence-corrected chi connectivity index (χ0v) is 21.7. The van der Waals surface area contributed by atoms with Crippen LogP contribution in [-0.4, -0.2) is 38.5 Å². The molecule has 0 saturated heterocycles. The Bertz CT molecular complexity index is 1160. The number of hydrogen-bond acceptors (Lipinski definition) is 8. The molecule has 4 rings (SSSR count). The molecule has 0 bridgehead atoms. The maximum Gasteiger partial charge on any atom is 0.341 e. The molecule has 0 unspecified atom stereocenters. The lowest BCUT2D eigenvalue weighted by Gasteiger charge is -2.14. The number of hydrogen-bond donors (Lipinski definition) is 1. The predicted molar refractivity (Wildman–Crippen MR) is 135 cm³/mol. The molecular formula is C23H28N4O3S3. The summed E-state index contributed by atoms with van der Waals surface area (Å²) in [7, 11) is 1.91. The van der Waals surface area contributed by atoms with Crippen molar-refractivity contribution in [2.24, 2.45) is 7.05 Å². The number of aromatic nitrogens is 3. The number of anilines is 1. The fourth-order valence-corrected chi connectivity index (χ4v) is 6.63. The van der Waals surface area contributed by atoms with Gasteiger partial charge in [0.2, 0.25) is 5.91 Å². The van der Waals surface area contributed by atoms with Crippen LogP contribution in [0.3, 0.4) is 0 Å². The highest BCUT2D eigenvalue weighted by molar-refractivity contribution is 7.99. The number of thiophene rings is 2. The van der Waals surface area contributed by atoms with Gasteiger partial charge in [0.25, 0.3) is 0 Å². The van der Waals surface area contributed by atoms with E-state index in [4.69, 9.17) is 4.74 Å². The Morgan fingerprint density at radius 1 is 1.27 bits per heavy atom. The fourth-order valence-electron chi connectivity index (χ4n) is 3.81. The standard InChI is InChI=1S/C23H28N4O3S3/c1-5-15-10-14(11-31-15)20-25-26-23(27(20)4)32-12-18(28)24-21-19(22(29)30-13(2)3)16-8-6-7-9-17(16)33-21/h10-11,13H,5-9,12H2,1-4H3,(H,24,28). The Morgan fingerprint density at radius 2 is 2.06 bits per heavy atom. The molecule has 1 amide bonds. The molecule has 1 N–H and O–H groups in total. The van der Waals surface area contributed by atoms with Crippen molar-refractivity contribution in [1.29, 1.82) is 0 Å². The molecule has 0 aliphatic heterocycles. The van der Waals surface area contributed by atoms with E-state index in [-0.39, 0.29) is 23.7 Å². The quantitative estimate of drug-likeness (QED) is 0.329. The summed E-state index contributed by atoms with van der Waals surface area (Å²) >= 11 is 4.55. The molecule has 33 heavy (non-hydrogen) atoms. The highest BCUT2D eigenvalue weighted by Gasteiger charge is 2.28. The van der Waals surface area contributed by atoms with Crippen molar-refractivity contribution in [3.05, 3.63) is 32.3 Å². The lowest BCUT2D eigenvalue weighted by atomic mass is 9.95. The average molecular weight is 505 g/mol. The molecule has 0 aromatic carbocycles. The Balaban J connectivity index is 1.45. The lowest BCUT2D eigenvalue weighted by molar-refractivity contribution is -0.113. The van der Waals surface area contributed by atoms with Crippen molar-refractivity contribution in [3.63, 3.8) is 0 Å². The summed E-state index contributed by atoms with van der Waals surface area (Å²) in [6.45, 7) is 5.80. The second-order valence-electron chi connectivity index (χ2n) is 8.23. The van der Waals surface area contributed by atoms with Crippen molar-refractivity contribution < 1.29 is 14.3 Å². The summed E-state index contributed by atoms with van der Waals surface area (Å²) in [6.07, 6.45) is 4.72. The normalized spacial score (nSPS) is 13.2. The van der Waals surface area contributed by atoms with Gasteiger partial charge in [-0.2, -0.15) is 0 Å². The third kappa shape index (κ3) is 5.33. The van der Waals surface area contributed by atoms with Gasteiger partial charge in [-0.15, -0.1) is 32.9 Å². The first-order valence-electron chi connectivity index (χ1n) is 11.1. The number of fused-ring (bicyclic) bond motifs is 1. The molecule has 3 heterocycles. The summed E-state index contributed by atoms with van der Waals surface area (Å²) in [4.78, 5) is 28.1. The number of amides is 1. The zero-order chi connectivity index (χ0) is 23.5. The monoisotopic (exact) mass is 504 g/mol. The van der Waals surface area contributed by atoms with Crippen LogP contribution in [0.4, 0.5) is 5.00 Å². The van der Waals surface area contributed by atoms with Crippen molar-refractivity contribution in [2.45, 2.75) is 64.1 Å². The number of nitrogens with one attached hydrogen (secondary N) is 1. The average Bonchev–Trinajstić information content (AvgIpc) is 3.48. The number of carbonyl (C=O) groups is 2. The van der Waals surface area contributed by atoms with Gasteiger partial charge < -0.3 is 14.6 Å². The van der Waals surface area contributed by atoms with Gasteiger partial charge in [0.15, 0.2) is 11.0 Å². The molecule has 0 saturated carbocycles. The van der Waals surface area contributed by atoms with Crippen LogP contribution < -0.4 is 5.32 Å². The number of esters is 1. The fraction of sp³-hybridized carbons (Fsp3) is 0.478. The molecule has 3 aromatic heterocycles. The predicted octanol–water partition coefficient (Wildman–Crippen LogP) is 5.34. The summed E-state index contributed by atoms with van der Waals surface area (Å²) in [5.41, 5.74) is 2.62. The Kier molecular flexibility index (Phi) is 7.55. The molecule has 1 aliphatic rings. The van der Waals surface area contributed by atoms with E-state index in [1.807, 2.05) is 25.5 Å². The molecule has 0 radical (unpaired) electrons. The van der Waals surface area contributed by atoms with Gasteiger partial charge in [-0.1, -0.05) is 18.7 Å². The van der Waals surface area contributed by atoms with Crippen LogP contribution >= 0.6 is 34.4 Å². The molecule has 176 valence electrons. The molecule has 3 aromatic rings. The molecule has 0 fully saturated rings. The minimum atomic E-state index is -0.354. The van der Waals surface area contributed by atoms with E-state index in [0.717, 1.165) is 49.1 Å². The summed E-state index contributed by atoms with van der Waals surface area (Å²) in [5.74, 6) is 0.438. The maximum atomic E-state index is 12.8. The molecule has 0 atom stereocenters. The minimum Gasteiger partial charge on any atom is -0.459 e. The van der Waals surface area contributed by atoms with Crippen molar-refractivity contribution in [3.8, 4) is 11.4 Å². The van der Waals surface area contributed by atoms with Crippen molar-refractivity contribution >= 4 is 51.3 Å². The topological polar surface area (TPSA) is 86.1 Å². The molecule has 0 spiro atoms. The third-order valence-corrected chi connectivity index (χ3v) is 8.71. The Labute approximate surface area is 206 Å². The van der Waals surface area contributed by atoms with Gasteiger partial charge in [0, 0.05) is 27.7 Å². The van der Waals surface area contributed by atoms with E-state index < -0.39 is 0 Å². The first-order valence-corrected chi connectivity index (χ1v) is 13.8. The van der Waals surface area contributed by atoms with Gasteiger partial charge >= 0.3 is 5.97 Å². The number of nitrogens with zero attached hydrogens (tertiary/aromatic N) is 3. The van der Waals surface area contributed by atoms with E-state index >= 15 is 0 Å². The Hall–Kier alpha value is -2.17. The van der Waals surface area contributed by atoms with Gasteiger partial charge in [0.05, 0.1) is 17.4 Å². The largest absolute Gasteiger partial charge is 0.459 e. The summed E-state index contributed by atoms with van der Waals surface area (Å²) in [5, 5.41) is 14.9. The van der Waals surface area contributed by atoms with Crippen LogP contribution in [0.25, 0.3) is 11.4 Å². The smallest absolute Gasteiger partial charge is 0.341 e. The number of carbonyl (C=O) groups excluding carboxylic acids is 2. The van der Waals surface area contributed by atoms with E-state index in [2.05, 4.69) is 33.9 Å². The van der Waals surface area contributed by atoms with Gasteiger partial charge in [-0.05, 0) is 57.6 Å². The third-order valence-electron chi connectivity index (χ3n) is 5.40. The van der Waals surface area contributed by atoms with E-state index in [0.29, 0.717) is 15.7 Å². The molecule has 10 heteroatoms. The molecule has 7 nitrogen and oxygen atoms in total. The minimum absolute atomic E-state index is 0.175. The SMILES string of the molecule is CCc1cc(-c2nnc(SCC(=O)Nc3sc4c(c3C(=O)OC(C)C)CCCC4)n2C)cs1. The first kappa shape index (κ1) is 24.0. The van der Waals surface area contributed by atoms with Crippen molar-refractivity contribution in [1.82, 2.24) is 14.8 Å². The van der Waals surface area contributed by atoms with E-state index in [1.54, 1.807) is 11.3 Å². The number of ether oxygens (including phenoxy) is 1. The van der Waals surface area contributed by atoms with Gasteiger partial charge in [0.1, 0.15) is 5.00 Å². The van der Waals surface area contributed by atoms with Gasteiger partial charge in [-0.25, -0.2) is 4.79 Å². The van der Waals surface area contributed by atoms with Crippen LogP contribution in [-0.2, 0) is 35.8 Å². The number of thioether (sulfide) groups is 1. The summed E-state index contributed by atoms with van der Waals surface area (Å²) in [6, 6.07) is 2.13. The van der Waals surface area contributed by atoms with Crippen LogP contribution in [0.1, 0.15) is 59.3 Å². The second-order valence-corrected chi connectivity index (χ2v) is 11.3. The first-order chi connectivity index (χ1) is 15.9. The zero-order valence-electron chi connectivity index (χ0n) is 19.3. The van der Waals surface area contributed by atoms with E-state index in [1.165, 1.54) is 32.9 Å². The number of aryl methyl sites for hydroxylation is 2. The van der Waals surface area contributed by atoms with Crippen LogP contribution in [0.2, 0.25) is 0 Å². The van der Waals surface area contributed by atoms with Crippen LogP contribution in [0.15, 0.2) is 16.6 Å². The molecular weight excluding hydrogens is 476 g/mol. The maximum absolute atomic E-state index is 12.8. The lowest BCUT2D eigenvalue weighted by Crippen LogP contribution is -2.19. The van der Waals surface area contributed by atoms with Crippen LogP contribution in [0, 0.1) is 0 Å². The van der Waals surface area contributed by atoms with Gasteiger partial charge in [-0.3, -0.25) is 4.79 Å². The highest BCUT2D eigenvalue weighted by Crippen LogP contribution is 2.39. The number of rotatable bonds is 8. The summed E-state index contributed by atoms with van der Waals surface area (Å²) < 4.78 is 7.38. The van der Waals surface area contributed by atoms with Crippen molar-refractivity contribution in [2.75, 3.05) is 11.1 Å². The molecule has 1 aliphatic carbocycles. The second kappa shape index (κ2) is 10.4.